The van der Waals surface area contributed by atoms with E-state index in [2.05, 4.69) is 11.4 Å². The molecule has 0 spiro atoms. The molecule has 0 radical (unpaired) electrons. The molecule has 1 N–H and O–H groups in total. The van der Waals surface area contributed by atoms with E-state index in [1.54, 1.807) is 14.2 Å². The molecule has 0 aliphatic rings. The summed E-state index contributed by atoms with van der Waals surface area (Å²) in [5, 5.41) is 6.25. The Hall–Kier alpha value is -2.98. The topological polar surface area (TPSA) is 43.4 Å². The summed E-state index contributed by atoms with van der Waals surface area (Å²) in [4.78, 5) is 4.76. The Morgan fingerprint density at radius 1 is 0.889 bits per heavy atom. The minimum absolute atomic E-state index is 0.623. The van der Waals surface area contributed by atoms with Crippen LogP contribution in [0.15, 0.2) is 60.7 Å². The first-order chi connectivity index (χ1) is 13.2. The fourth-order valence-electron chi connectivity index (χ4n) is 3.25. The van der Waals surface area contributed by atoms with Crippen LogP contribution in [0.25, 0.3) is 21.8 Å². The summed E-state index contributed by atoms with van der Waals surface area (Å²) in [7, 11) is 3.35. The Kier molecular flexibility index (Phi) is 4.73. The van der Waals surface area contributed by atoms with E-state index in [4.69, 9.17) is 26.1 Å². The summed E-state index contributed by atoms with van der Waals surface area (Å²) in [6.07, 6.45) is 0. The number of anilines is 1. The van der Waals surface area contributed by atoms with Gasteiger partial charge in [0, 0.05) is 27.9 Å². The van der Waals surface area contributed by atoms with Crippen LogP contribution in [0.5, 0.6) is 11.5 Å². The first-order valence-electron chi connectivity index (χ1n) is 8.62. The molecule has 5 heteroatoms. The second-order valence-electron chi connectivity index (χ2n) is 6.20. The molecule has 0 unspecified atom stereocenters. The van der Waals surface area contributed by atoms with Crippen molar-refractivity contribution in [2.75, 3.05) is 19.5 Å². The summed E-state index contributed by atoms with van der Waals surface area (Å²) in [5.41, 5.74) is 3.81. The standard InChI is InChI=1S/C22H19ClN2O2/c1-26-16-8-10-19-18(12-16)22(17-9-7-15(23)11-20(17)25-19)24-13-14-5-3-4-6-21(14)27-2/h3-12H,13H2,1-2H3,(H,24,25). The Labute approximate surface area is 162 Å². The first-order valence-corrected chi connectivity index (χ1v) is 9.00. The van der Waals surface area contributed by atoms with Crippen LogP contribution in [0, 0.1) is 0 Å². The number of fused-ring (bicyclic) bond motifs is 2. The predicted octanol–water partition coefficient (Wildman–Crippen LogP) is 5.67. The van der Waals surface area contributed by atoms with Crippen molar-refractivity contribution in [1.29, 1.82) is 0 Å². The third-order valence-electron chi connectivity index (χ3n) is 4.59. The summed E-state index contributed by atoms with van der Waals surface area (Å²) >= 11 is 6.19. The van der Waals surface area contributed by atoms with Gasteiger partial charge in [-0.3, -0.25) is 0 Å². The highest BCUT2D eigenvalue weighted by Gasteiger charge is 2.12. The number of halogens is 1. The van der Waals surface area contributed by atoms with Crippen LogP contribution in [0.2, 0.25) is 5.02 Å². The smallest absolute Gasteiger partial charge is 0.123 e. The van der Waals surface area contributed by atoms with Gasteiger partial charge in [-0.05, 0) is 42.5 Å². The lowest BCUT2D eigenvalue weighted by atomic mass is 10.1. The number of para-hydroxylation sites is 1. The van der Waals surface area contributed by atoms with Crippen molar-refractivity contribution in [3.63, 3.8) is 0 Å². The fraction of sp³-hybridized carbons (Fsp3) is 0.136. The molecule has 27 heavy (non-hydrogen) atoms. The summed E-state index contributed by atoms with van der Waals surface area (Å²) < 4.78 is 10.9. The molecule has 3 aromatic carbocycles. The maximum Gasteiger partial charge on any atom is 0.123 e. The highest BCUT2D eigenvalue weighted by atomic mass is 35.5. The molecule has 0 aliphatic carbocycles. The maximum atomic E-state index is 6.19. The number of hydrogen-bond acceptors (Lipinski definition) is 4. The first kappa shape index (κ1) is 17.4. The Morgan fingerprint density at radius 3 is 2.56 bits per heavy atom. The van der Waals surface area contributed by atoms with Crippen LogP contribution in [-0.2, 0) is 6.54 Å². The third kappa shape index (κ3) is 3.36. The van der Waals surface area contributed by atoms with Crippen LogP contribution in [0.4, 0.5) is 5.69 Å². The molecular weight excluding hydrogens is 360 g/mol. The zero-order valence-electron chi connectivity index (χ0n) is 15.1. The quantitative estimate of drug-likeness (QED) is 0.454. The average molecular weight is 379 g/mol. The minimum Gasteiger partial charge on any atom is -0.497 e. The number of ether oxygens (including phenoxy) is 2. The monoisotopic (exact) mass is 378 g/mol. The van der Waals surface area contributed by atoms with Crippen LogP contribution < -0.4 is 14.8 Å². The largest absolute Gasteiger partial charge is 0.497 e. The van der Waals surface area contributed by atoms with Gasteiger partial charge in [0.15, 0.2) is 0 Å². The number of rotatable bonds is 5. The number of methoxy groups -OCH3 is 2. The molecule has 4 nitrogen and oxygen atoms in total. The van der Waals surface area contributed by atoms with E-state index in [0.717, 1.165) is 44.6 Å². The van der Waals surface area contributed by atoms with Crippen molar-refractivity contribution < 1.29 is 9.47 Å². The lowest BCUT2D eigenvalue weighted by Gasteiger charge is -2.15. The van der Waals surface area contributed by atoms with E-state index >= 15 is 0 Å². The van der Waals surface area contributed by atoms with Crippen LogP contribution in [-0.4, -0.2) is 19.2 Å². The summed E-state index contributed by atoms with van der Waals surface area (Å²) in [5.74, 6) is 1.64. The van der Waals surface area contributed by atoms with Gasteiger partial charge in [0.1, 0.15) is 11.5 Å². The highest BCUT2D eigenvalue weighted by Crippen LogP contribution is 2.34. The van der Waals surface area contributed by atoms with E-state index in [-0.39, 0.29) is 0 Å². The average Bonchev–Trinajstić information content (AvgIpc) is 2.70. The van der Waals surface area contributed by atoms with Gasteiger partial charge in [0.25, 0.3) is 0 Å². The molecule has 1 aromatic heterocycles. The molecule has 0 saturated heterocycles. The zero-order valence-corrected chi connectivity index (χ0v) is 15.9. The SMILES string of the molecule is COc1ccc2nc3cc(Cl)ccc3c(NCc3ccccc3OC)c2c1. The highest BCUT2D eigenvalue weighted by molar-refractivity contribution is 6.31. The van der Waals surface area contributed by atoms with Crippen LogP contribution in [0.1, 0.15) is 5.56 Å². The van der Waals surface area contributed by atoms with Crippen LogP contribution in [0.3, 0.4) is 0 Å². The van der Waals surface area contributed by atoms with E-state index in [9.17, 15) is 0 Å². The molecule has 0 bridgehead atoms. The van der Waals surface area contributed by atoms with Crippen molar-refractivity contribution in [1.82, 2.24) is 4.98 Å². The van der Waals surface area contributed by atoms with Gasteiger partial charge >= 0.3 is 0 Å². The third-order valence-corrected chi connectivity index (χ3v) is 4.83. The molecule has 0 fully saturated rings. The molecule has 0 saturated carbocycles. The molecule has 1 heterocycles. The number of nitrogens with zero attached hydrogens (tertiary/aromatic N) is 1. The Morgan fingerprint density at radius 2 is 1.74 bits per heavy atom. The molecule has 0 amide bonds. The Bertz CT molecular complexity index is 1130. The van der Waals surface area contributed by atoms with Gasteiger partial charge in [-0.2, -0.15) is 0 Å². The second-order valence-corrected chi connectivity index (χ2v) is 6.63. The maximum absolute atomic E-state index is 6.19. The molecule has 0 aliphatic heterocycles. The van der Waals surface area contributed by atoms with Gasteiger partial charge in [-0.15, -0.1) is 0 Å². The molecular formula is C22H19ClN2O2. The molecule has 0 atom stereocenters. The van der Waals surface area contributed by atoms with Crippen molar-refractivity contribution >= 4 is 39.1 Å². The lowest BCUT2D eigenvalue weighted by molar-refractivity contribution is 0.410. The van der Waals surface area contributed by atoms with Gasteiger partial charge < -0.3 is 14.8 Å². The van der Waals surface area contributed by atoms with E-state index in [1.807, 2.05) is 54.6 Å². The van der Waals surface area contributed by atoms with Gasteiger partial charge in [-0.1, -0.05) is 29.8 Å². The molecule has 4 aromatic rings. The summed E-state index contributed by atoms with van der Waals surface area (Å²) in [6.45, 7) is 0.623. The predicted molar refractivity (Wildman–Crippen MR) is 111 cm³/mol. The zero-order chi connectivity index (χ0) is 18.8. The molecule has 136 valence electrons. The fourth-order valence-corrected chi connectivity index (χ4v) is 3.41. The van der Waals surface area contributed by atoms with E-state index in [0.29, 0.717) is 11.6 Å². The number of pyridine rings is 1. The minimum atomic E-state index is 0.623. The molecule has 4 rings (SSSR count). The van der Waals surface area contributed by atoms with Gasteiger partial charge in [0.05, 0.1) is 30.9 Å². The van der Waals surface area contributed by atoms with Gasteiger partial charge in [0.2, 0.25) is 0 Å². The number of nitrogens with one attached hydrogen (secondary N) is 1. The second kappa shape index (κ2) is 7.33. The van der Waals surface area contributed by atoms with Crippen molar-refractivity contribution in [3.8, 4) is 11.5 Å². The van der Waals surface area contributed by atoms with Gasteiger partial charge in [-0.25, -0.2) is 4.98 Å². The normalized spacial score (nSPS) is 10.9. The Balaban J connectivity index is 1.86. The lowest BCUT2D eigenvalue weighted by Crippen LogP contribution is -2.03. The number of benzene rings is 3. The van der Waals surface area contributed by atoms with E-state index in [1.165, 1.54) is 0 Å². The van der Waals surface area contributed by atoms with Crippen LogP contribution >= 0.6 is 11.6 Å². The van der Waals surface area contributed by atoms with E-state index < -0.39 is 0 Å². The van der Waals surface area contributed by atoms with Crippen molar-refractivity contribution in [3.05, 3.63) is 71.2 Å². The van der Waals surface area contributed by atoms with Crippen molar-refractivity contribution in [2.24, 2.45) is 0 Å². The number of aromatic nitrogens is 1. The number of hydrogen-bond donors (Lipinski definition) is 1. The summed E-state index contributed by atoms with van der Waals surface area (Å²) in [6, 6.07) is 19.6. The van der Waals surface area contributed by atoms with Crippen molar-refractivity contribution in [2.45, 2.75) is 6.54 Å².